The zero-order valence-corrected chi connectivity index (χ0v) is 12.2. The van der Waals surface area contributed by atoms with E-state index in [2.05, 4.69) is 4.90 Å². The molecule has 0 radical (unpaired) electrons. The lowest BCUT2D eigenvalue weighted by Crippen LogP contribution is -2.56. The van der Waals surface area contributed by atoms with Crippen LogP contribution in [-0.4, -0.2) is 42.2 Å². The van der Waals surface area contributed by atoms with E-state index in [1.54, 1.807) is 12.1 Å². The van der Waals surface area contributed by atoms with Crippen molar-refractivity contribution in [2.24, 2.45) is 5.92 Å². The van der Waals surface area contributed by atoms with Crippen LogP contribution in [0.2, 0.25) is 5.02 Å². The number of phenolic OH excluding ortho intramolecular Hbond substituents is 1. The molecule has 1 aliphatic carbocycles. The Bertz CT molecular complexity index is 540. The smallest absolute Gasteiger partial charge is 0.311 e. The second kappa shape index (κ2) is 5.26. The van der Waals surface area contributed by atoms with Crippen LogP contribution in [0.25, 0.3) is 0 Å². The minimum Gasteiger partial charge on any atom is -0.508 e. The summed E-state index contributed by atoms with van der Waals surface area (Å²) in [5.74, 6) is 0.219. The van der Waals surface area contributed by atoms with Gasteiger partial charge in [-0.05, 0) is 37.0 Å². The van der Waals surface area contributed by atoms with Gasteiger partial charge in [-0.1, -0.05) is 11.6 Å². The van der Waals surface area contributed by atoms with Crippen molar-refractivity contribution in [3.05, 3.63) is 28.3 Å². The molecule has 20 heavy (non-hydrogen) atoms. The van der Waals surface area contributed by atoms with Crippen molar-refractivity contribution in [3.8, 4) is 5.75 Å². The zero-order valence-electron chi connectivity index (χ0n) is 11.4. The van der Waals surface area contributed by atoms with Gasteiger partial charge >= 0.3 is 5.97 Å². The van der Waals surface area contributed by atoms with Gasteiger partial charge in [0.1, 0.15) is 5.75 Å². The van der Waals surface area contributed by atoms with Crippen LogP contribution in [0.4, 0.5) is 0 Å². The molecular formula is C15H18ClNO3. The van der Waals surface area contributed by atoms with Gasteiger partial charge in [0, 0.05) is 29.7 Å². The summed E-state index contributed by atoms with van der Waals surface area (Å²) < 4.78 is 4.76. The van der Waals surface area contributed by atoms with Gasteiger partial charge in [0.25, 0.3) is 0 Å². The van der Waals surface area contributed by atoms with Gasteiger partial charge < -0.3 is 9.84 Å². The largest absolute Gasteiger partial charge is 0.508 e. The van der Waals surface area contributed by atoms with E-state index in [-0.39, 0.29) is 11.9 Å². The second-order valence-corrected chi connectivity index (χ2v) is 6.00. The van der Waals surface area contributed by atoms with Gasteiger partial charge in [-0.2, -0.15) is 0 Å². The quantitative estimate of drug-likeness (QED) is 0.848. The van der Waals surface area contributed by atoms with Crippen molar-refractivity contribution in [1.29, 1.82) is 0 Å². The maximum atomic E-state index is 11.4. The number of methoxy groups -OCH3 is 1. The minimum atomic E-state index is -0.122. The average Bonchev–Trinajstić information content (AvgIpc) is 2.41. The van der Waals surface area contributed by atoms with Crippen molar-refractivity contribution in [2.45, 2.75) is 25.3 Å². The predicted octanol–water partition coefficient (Wildman–Crippen LogP) is 2.01. The Hall–Kier alpha value is -1.26. The van der Waals surface area contributed by atoms with E-state index < -0.39 is 0 Å². The molecule has 0 spiro atoms. The van der Waals surface area contributed by atoms with E-state index in [4.69, 9.17) is 16.3 Å². The van der Waals surface area contributed by atoms with Crippen LogP contribution in [0.5, 0.6) is 5.75 Å². The Kier molecular flexibility index (Phi) is 3.61. The number of nitrogens with zero attached hydrogens (tertiary/aromatic N) is 1. The fraction of sp³-hybridized carbons (Fsp3) is 0.533. The first-order valence-electron chi connectivity index (χ1n) is 6.91. The van der Waals surface area contributed by atoms with Crippen LogP contribution < -0.4 is 0 Å². The number of halogens is 1. The summed E-state index contributed by atoms with van der Waals surface area (Å²) >= 11 is 6.19. The van der Waals surface area contributed by atoms with Crippen LogP contribution in [-0.2, 0) is 22.4 Å². The number of carbonyl (C=O) groups excluding carboxylic acids is 1. The monoisotopic (exact) mass is 295 g/mol. The van der Waals surface area contributed by atoms with Gasteiger partial charge in [0.2, 0.25) is 0 Å². The highest BCUT2D eigenvalue weighted by molar-refractivity contribution is 6.31. The summed E-state index contributed by atoms with van der Waals surface area (Å²) in [6, 6.07) is 3.80. The molecule has 1 saturated heterocycles. The Labute approximate surface area is 123 Å². The van der Waals surface area contributed by atoms with Crippen LogP contribution in [0, 0.1) is 5.92 Å². The Morgan fingerprint density at radius 3 is 2.85 bits per heavy atom. The topological polar surface area (TPSA) is 49.8 Å². The molecule has 1 heterocycles. The zero-order chi connectivity index (χ0) is 14.3. The standard InChI is InChI=1S/C15H18ClNO3/c1-20-15(19)9-7-17(8-9)10-2-3-11-12(6-10)14(18)5-4-13(11)16/h4-5,9-10,18H,2-3,6-8H2,1H3. The Morgan fingerprint density at radius 1 is 1.40 bits per heavy atom. The van der Waals surface area contributed by atoms with Gasteiger partial charge in [-0.15, -0.1) is 0 Å². The van der Waals surface area contributed by atoms with Crippen LogP contribution in [0.1, 0.15) is 17.5 Å². The summed E-state index contributed by atoms with van der Waals surface area (Å²) in [4.78, 5) is 13.7. The lowest BCUT2D eigenvalue weighted by Gasteiger charge is -2.44. The number of carbonyl (C=O) groups is 1. The maximum Gasteiger partial charge on any atom is 0.311 e. The van der Waals surface area contributed by atoms with Gasteiger partial charge in [0.05, 0.1) is 13.0 Å². The molecular weight excluding hydrogens is 278 g/mol. The highest BCUT2D eigenvalue weighted by Gasteiger charge is 2.38. The molecule has 1 unspecified atom stereocenters. The summed E-state index contributed by atoms with van der Waals surface area (Å²) in [5, 5.41) is 10.7. The lowest BCUT2D eigenvalue weighted by molar-refractivity contribution is -0.152. The van der Waals surface area contributed by atoms with Crippen LogP contribution in [0.15, 0.2) is 12.1 Å². The lowest BCUT2D eigenvalue weighted by atomic mass is 9.84. The van der Waals surface area contributed by atoms with Crippen molar-refractivity contribution >= 4 is 17.6 Å². The van der Waals surface area contributed by atoms with Crippen LogP contribution in [0.3, 0.4) is 0 Å². The number of phenols is 1. The molecule has 1 fully saturated rings. The molecule has 0 saturated carbocycles. The molecule has 5 heteroatoms. The van der Waals surface area contributed by atoms with E-state index in [1.807, 2.05) is 0 Å². The van der Waals surface area contributed by atoms with E-state index >= 15 is 0 Å². The Morgan fingerprint density at radius 2 is 2.15 bits per heavy atom. The number of rotatable bonds is 2. The number of fused-ring (bicyclic) bond motifs is 1. The van der Waals surface area contributed by atoms with Crippen LogP contribution >= 0.6 is 11.6 Å². The fourth-order valence-corrected chi connectivity index (χ4v) is 3.51. The number of ether oxygens (including phenoxy) is 1. The number of aromatic hydroxyl groups is 1. The summed E-state index contributed by atoms with van der Waals surface area (Å²) in [7, 11) is 1.43. The number of likely N-dealkylation sites (tertiary alicyclic amines) is 1. The first-order chi connectivity index (χ1) is 9.60. The SMILES string of the molecule is COC(=O)C1CN(C2CCc3c(Cl)ccc(O)c3C2)C1. The van der Waals surface area contributed by atoms with E-state index in [1.165, 1.54) is 7.11 Å². The molecule has 0 amide bonds. The van der Waals surface area contributed by atoms with E-state index in [0.717, 1.165) is 48.5 Å². The summed E-state index contributed by atoms with van der Waals surface area (Å²) in [6.07, 6.45) is 2.70. The third kappa shape index (κ3) is 2.27. The highest BCUT2D eigenvalue weighted by atomic mass is 35.5. The fourth-order valence-electron chi connectivity index (χ4n) is 3.24. The third-order valence-electron chi connectivity index (χ3n) is 4.48. The molecule has 108 valence electrons. The molecule has 1 aromatic carbocycles. The minimum absolute atomic E-state index is 0.00866. The molecule has 4 nitrogen and oxygen atoms in total. The van der Waals surface area contributed by atoms with Gasteiger partial charge in [0.15, 0.2) is 0 Å². The van der Waals surface area contributed by atoms with E-state index in [0.29, 0.717) is 11.8 Å². The average molecular weight is 296 g/mol. The Balaban J connectivity index is 1.68. The molecule has 1 N–H and O–H groups in total. The molecule has 1 aliphatic heterocycles. The molecule has 3 rings (SSSR count). The first kappa shape index (κ1) is 13.7. The van der Waals surface area contributed by atoms with Crippen molar-refractivity contribution in [2.75, 3.05) is 20.2 Å². The number of hydrogen-bond donors (Lipinski definition) is 1. The van der Waals surface area contributed by atoms with Crippen molar-refractivity contribution in [3.63, 3.8) is 0 Å². The molecule has 1 aromatic rings. The molecule has 2 aliphatic rings. The van der Waals surface area contributed by atoms with Gasteiger partial charge in [-0.3, -0.25) is 9.69 Å². The predicted molar refractivity (Wildman–Crippen MR) is 76.0 cm³/mol. The molecule has 1 atom stereocenters. The third-order valence-corrected chi connectivity index (χ3v) is 4.83. The van der Waals surface area contributed by atoms with E-state index in [9.17, 15) is 9.90 Å². The molecule has 0 bridgehead atoms. The summed E-state index contributed by atoms with van der Waals surface area (Å²) in [6.45, 7) is 1.52. The second-order valence-electron chi connectivity index (χ2n) is 5.59. The van der Waals surface area contributed by atoms with Gasteiger partial charge in [-0.25, -0.2) is 0 Å². The maximum absolute atomic E-state index is 11.4. The summed E-state index contributed by atoms with van der Waals surface area (Å²) in [5.41, 5.74) is 2.04. The molecule has 0 aromatic heterocycles. The normalized spacial score (nSPS) is 23.0. The highest BCUT2D eigenvalue weighted by Crippen LogP contribution is 2.36. The number of esters is 1. The number of hydrogen-bond acceptors (Lipinski definition) is 4. The number of benzene rings is 1. The first-order valence-corrected chi connectivity index (χ1v) is 7.29. The van der Waals surface area contributed by atoms with Crippen molar-refractivity contribution < 1.29 is 14.6 Å². The van der Waals surface area contributed by atoms with Crippen molar-refractivity contribution in [1.82, 2.24) is 4.90 Å².